The SMILES string of the molecule is COc1nc(N2CCC(n3c(=O)[nH]c4ccccc43)CC2)ccc1C(=O)N1CCCC1. The lowest BCUT2D eigenvalue weighted by molar-refractivity contribution is 0.0788. The van der Waals surface area contributed by atoms with Gasteiger partial charge in [-0.3, -0.25) is 9.36 Å². The van der Waals surface area contributed by atoms with Crippen molar-refractivity contribution in [2.24, 2.45) is 0 Å². The molecule has 0 aliphatic carbocycles. The highest BCUT2D eigenvalue weighted by atomic mass is 16.5. The van der Waals surface area contributed by atoms with Crippen molar-refractivity contribution >= 4 is 22.8 Å². The second kappa shape index (κ2) is 8.09. The van der Waals surface area contributed by atoms with Crippen LogP contribution in [-0.2, 0) is 0 Å². The molecule has 0 unspecified atom stereocenters. The summed E-state index contributed by atoms with van der Waals surface area (Å²) in [5.41, 5.74) is 2.30. The largest absolute Gasteiger partial charge is 0.480 e. The lowest BCUT2D eigenvalue weighted by Gasteiger charge is -2.33. The summed E-state index contributed by atoms with van der Waals surface area (Å²) in [7, 11) is 1.56. The average Bonchev–Trinajstić information content (AvgIpc) is 3.46. The fourth-order valence-corrected chi connectivity index (χ4v) is 4.81. The smallest absolute Gasteiger partial charge is 0.326 e. The van der Waals surface area contributed by atoms with Crippen LogP contribution in [-0.4, -0.2) is 58.6 Å². The van der Waals surface area contributed by atoms with E-state index < -0.39 is 0 Å². The van der Waals surface area contributed by atoms with E-state index in [1.165, 1.54) is 0 Å². The molecule has 8 nitrogen and oxygen atoms in total. The van der Waals surface area contributed by atoms with Crippen LogP contribution in [0.25, 0.3) is 11.0 Å². The van der Waals surface area contributed by atoms with Crippen molar-refractivity contribution in [2.45, 2.75) is 31.7 Å². The molecular weight excluding hydrogens is 394 g/mol. The summed E-state index contributed by atoms with van der Waals surface area (Å²) in [5.74, 6) is 1.18. The van der Waals surface area contributed by atoms with E-state index in [4.69, 9.17) is 4.74 Å². The first-order chi connectivity index (χ1) is 15.2. The first-order valence-corrected chi connectivity index (χ1v) is 10.9. The number of aromatic nitrogens is 3. The molecule has 2 aromatic heterocycles. The number of hydrogen-bond donors (Lipinski definition) is 1. The Morgan fingerprint density at radius 3 is 2.55 bits per heavy atom. The van der Waals surface area contributed by atoms with Gasteiger partial charge in [0, 0.05) is 32.2 Å². The summed E-state index contributed by atoms with van der Waals surface area (Å²) in [6, 6.07) is 11.7. The van der Waals surface area contributed by atoms with Gasteiger partial charge in [0.2, 0.25) is 5.88 Å². The highest BCUT2D eigenvalue weighted by Gasteiger charge is 2.27. The van der Waals surface area contributed by atoms with Crippen molar-refractivity contribution in [2.75, 3.05) is 38.2 Å². The molecule has 0 spiro atoms. The fraction of sp³-hybridized carbons (Fsp3) is 0.435. The number of methoxy groups -OCH3 is 1. The van der Waals surface area contributed by atoms with Gasteiger partial charge < -0.3 is 19.5 Å². The number of para-hydroxylation sites is 2. The van der Waals surface area contributed by atoms with E-state index in [9.17, 15) is 9.59 Å². The third-order valence-corrected chi connectivity index (χ3v) is 6.44. The summed E-state index contributed by atoms with van der Waals surface area (Å²) < 4.78 is 7.35. The number of amides is 1. The second-order valence-corrected chi connectivity index (χ2v) is 8.26. The minimum atomic E-state index is -0.0516. The summed E-state index contributed by atoms with van der Waals surface area (Å²) in [4.78, 5) is 37.0. The monoisotopic (exact) mass is 421 g/mol. The van der Waals surface area contributed by atoms with Crippen molar-refractivity contribution in [3.8, 4) is 5.88 Å². The molecule has 1 N–H and O–H groups in total. The summed E-state index contributed by atoms with van der Waals surface area (Å²) >= 11 is 0. The minimum Gasteiger partial charge on any atom is -0.480 e. The lowest BCUT2D eigenvalue weighted by atomic mass is 10.0. The number of imidazole rings is 1. The van der Waals surface area contributed by atoms with Crippen LogP contribution in [0, 0.1) is 0 Å². The molecule has 31 heavy (non-hydrogen) atoms. The van der Waals surface area contributed by atoms with Gasteiger partial charge in [-0.05, 0) is 49.9 Å². The second-order valence-electron chi connectivity index (χ2n) is 8.26. The number of benzene rings is 1. The van der Waals surface area contributed by atoms with Gasteiger partial charge >= 0.3 is 5.69 Å². The van der Waals surface area contributed by atoms with Gasteiger partial charge in [-0.2, -0.15) is 4.98 Å². The van der Waals surface area contributed by atoms with Crippen LogP contribution in [0.2, 0.25) is 0 Å². The maximum Gasteiger partial charge on any atom is 0.326 e. The maximum atomic E-state index is 12.8. The molecule has 2 aliphatic rings. The molecule has 0 bridgehead atoms. The Hall–Kier alpha value is -3.29. The summed E-state index contributed by atoms with van der Waals surface area (Å²) in [6.07, 6.45) is 3.79. The Kier molecular flexibility index (Phi) is 5.13. The number of carbonyl (C=O) groups excluding carboxylic acids is 1. The summed E-state index contributed by atoms with van der Waals surface area (Å²) in [6.45, 7) is 3.16. The molecule has 2 aliphatic heterocycles. The van der Waals surface area contributed by atoms with Gasteiger partial charge in [0.15, 0.2) is 0 Å². The standard InChI is InChI=1S/C23H27N5O3/c1-31-21-17(22(29)27-12-4-5-13-27)8-9-20(25-21)26-14-10-16(11-15-26)28-19-7-3-2-6-18(19)24-23(28)30/h2-3,6-9,16H,4-5,10-15H2,1H3,(H,24,30). The molecule has 3 aromatic rings. The van der Waals surface area contributed by atoms with Crippen LogP contribution >= 0.6 is 0 Å². The molecule has 0 atom stereocenters. The van der Waals surface area contributed by atoms with E-state index in [-0.39, 0.29) is 17.6 Å². The van der Waals surface area contributed by atoms with Crippen molar-refractivity contribution < 1.29 is 9.53 Å². The lowest BCUT2D eigenvalue weighted by Crippen LogP contribution is -2.37. The number of aromatic amines is 1. The van der Waals surface area contributed by atoms with E-state index in [0.29, 0.717) is 11.4 Å². The number of likely N-dealkylation sites (tertiary alicyclic amines) is 1. The van der Waals surface area contributed by atoms with Gasteiger partial charge in [0.25, 0.3) is 5.91 Å². The number of hydrogen-bond acceptors (Lipinski definition) is 5. The highest BCUT2D eigenvalue weighted by Crippen LogP contribution is 2.29. The fourth-order valence-electron chi connectivity index (χ4n) is 4.81. The number of fused-ring (bicyclic) bond motifs is 1. The van der Waals surface area contributed by atoms with E-state index in [1.807, 2.05) is 45.9 Å². The molecule has 1 aromatic carbocycles. The quantitative estimate of drug-likeness (QED) is 0.700. The molecule has 162 valence electrons. The first kappa shape index (κ1) is 19.7. The predicted molar refractivity (Wildman–Crippen MR) is 119 cm³/mol. The Labute approximate surface area is 180 Å². The van der Waals surface area contributed by atoms with Gasteiger partial charge in [-0.1, -0.05) is 12.1 Å². The van der Waals surface area contributed by atoms with Gasteiger partial charge in [-0.25, -0.2) is 4.79 Å². The van der Waals surface area contributed by atoms with E-state index in [0.717, 1.165) is 68.7 Å². The number of nitrogens with one attached hydrogen (secondary N) is 1. The molecular formula is C23H27N5O3. The third kappa shape index (κ3) is 3.56. The number of piperidine rings is 1. The van der Waals surface area contributed by atoms with Crippen LogP contribution < -0.4 is 15.3 Å². The number of H-pyrrole nitrogens is 1. The minimum absolute atomic E-state index is 0.00850. The molecule has 4 heterocycles. The summed E-state index contributed by atoms with van der Waals surface area (Å²) in [5, 5.41) is 0. The van der Waals surface area contributed by atoms with Gasteiger partial charge in [0.05, 0.1) is 18.1 Å². The number of anilines is 1. The van der Waals surface area contributed by atoms with Crippen LogP contribution in [0.3, 0.4) is 0 Å². The topological polar surface area (TPSA) is 83.5 Å². The van der Waals surface area contributed by atoms with Gasteiger partial charge in [0.1, 0.15) is 11.4 Å². The Morgan fingerprint density at radius 2 is 1.81 bits per heavy atom. The molecule has 8 heteroatoms. The van der Waals surface area contributed by atoms with Crippen molar-refractivity contribution in [1.29, 1.82) is 0 Å². The molecule has 1 amide bonds. The highest BCUT2D eigenvalue weighted by molar-refractivity contribution is 5.96. The Balaban J connectivity index is 1.33. The third-order valence-electron chi connectivity index (χ3n) is 6.44. The van der Waals surface area contributed by atoms with Crippen LogP contribution in [0.5, 0.6) is 5.88 Å². The first-order valence-electron chi connectivity index (χ1n) is 10.9. The number of ether oxygens (including phenoxy) is 1. The Bertz CT molecular complexity index is 1150. The predicted octanol–water partition coefficient (Wildman–Crippen LogP) is 2.81. The molecule has 5 rings (SSSR count). The number of rotatable bonds is 4. The van der Waals surface area contributed by atoms with Gasteiger partial charge in [-0.15, -0.1) is 0 Å². The average molecular weight is 422 g/mol. The van der Waals surface area contributed by atoms with E-state index >= 15 is 0 Å². The molecule has 0 radical (unpaired) electrons. The van der Waals surface area contributed by atoms with E-state index in [1.54, 1.807) is 7.11 Å². The van der Waals surface area contributed by atoms with Crippen molar-refractivity contribution in [3.63, 3.8) is 0 Å². The Morgan fingerprint density at radius 1 is 1.06 bits per heavy atom. The van der Waals surface area contributed by atoms with Crippen LogP contribution in [0.4, 0.5) is 5.82 Å². The maximum absolute atomic E-state index is 12.8. The van der Waals surface area contributed by atoms with E-state index in [2.05, 4.69) is 14.9 Å². The number of nitrogens with zero attached hydrogens (tertiary/aromatic N) is 4. The normalized spacial score (nSPS) is 17.5. The zero-order valence-electron chi connectivity index (χ0n) is 17.7. The number of pyridine rings is 1. The zero-order chi connectivity index (χ0) is 21.4. The van der Waals surface area contributed by atoms with Crippen molar-refractivity contribution in [1.82, 2.24) is 19.4 Å². The molecule has 0 saturated carbocycles. The van der Waals surface area contributed by atoms with Crippen molar-refractivity contribution in [3.05, 3.63) is 52.4 Å². The number of carbonyl (C=O) groups is 1. The van der Waals surface area contributed by atoms with Crippen LogP contribution in [0.1, 0.15) is 42.1 Å². The molecule has 2 saturated heterocycles. The van der Waals surface area contributed by atoms with Crippen LogP contribution in [0.15, 0.2) is 41.2 Å². The molecule has 2 fully saturated rings. The zero-order valence-corrected chi connectivity index (χ0v) is 17.7.